The Morgan fingerprint density at radius 2 is 1.95 bits per heavy atom. The van der Waals surface area contributed by atoms with Crippen LogP contribution in [0.2, 0.25) is 0 Å². The smallest absolute Gasteiger partial charge is 0.341 e. The maximum Gasteiger partial charge on any atom is 0.341 e. The lowest BCUT2D eigenvalue weighted by Gasteiger charge is -2.21. The molecule has 0 radical (unpaired) electrons. The molecule has 1 amide bonds. The zero-order valence-electron chi connectivity index (χ0n) is 21.2. The second-order valence-electron chi connectivity index (χ2n) is 8.92. The molecule has 1 aromatic carbocycles. The zero-order chi connectivity index (χ0) is 26.2. The minimum atomic E-state index is -0.506. The fourth-order valence-corrected chi connectivity index (χ4v) is 6.31. The van der Waals surface area contributed by atoms with Gasteiger partial charge in [0.05, 0.1) is 20.0 Å². The second-order valence-corrected chi connectivity index (χ2v) is 10.7. The van der Waals surface area contributed by atoms with Gasteiger partial charge in [-0.25, -0.2) is 4.79 Å². The third-order valence-electron chi connectivity index (χ3n) is 6.47. The predicted molar refractivity (Wildman–Crippen MR) is 147 cm³/mol. The van der Waals surface area contributed by atoms with E-state index < -0.39 is 5.97 Å². The Morgan fingerprint density at radius 3 is 2.62 bits per heavy atom. The SMILES string of the molecule is C=CCn1c(CC2CCCCC2)nnc1SCC(=O)Nc1scc(-c2ccc(OC)cc2)c1C(=O)OC. The molecule has 1 aliphatic rings. The number of carbonyl (C=O) groups excluding carboxylic acids is 2. The molecular weight excluding hydrogens is 508 g/mol. The standard InChI is InChI=1S/C27H32N4O4S2/c1-4-14-31-22(15-18-8-6-5-7-9-18)29-30-27(31)37-17-23(32)28-25-24(26(33)35-3)21(16-36-25)19-10-12-20(34-2)13-11-19/h4,10-13,16,18H,1,5-9,14-15,17H2,2-3H3,(H,28,32). The van der Waals surface area contributed by atoms with Crippen molar-refractivity contribution in [3.8, 4) is 16.9 Å². The molecular formula is C27H32N4O4S2. The Morgan fingerprint density at radius 1 is 1.19 bits per heavy atom. The van der Waals surface area contributed by atoms with Crippen LogP contribution in [0.25, 0.3) is 11.1 Å². The molecule has 0 bridgehead atoms. The molecule has 1 saturated carbocycles. The molecule has 4 rings (SSSR count). The van der Waals surface area contributed by atoms with Crippen LogP contribution >= 0.6 is 23.1 Å². The van der Waals surface area contributed by atoms with E-state index in [1.165, 1.54) is 62.3 Å². The Hall–Kier alpha value is -3.11. The minimum Gasteiger partial charge on any atom is -0.497 e. The molecule has 0 saturated heterocycles. The summed E-state index contributed by atoms with van der Waals surface area (Å²) in [7, 11) is 2.93. The van der Waals surface area contributed by atoms with Crippen molar-refractivity contribution in [1.82, 2.24) is 14.8 Å². The summed E-state index contributed by atoms with van der Waals surface area (Å²) in [6, 6.07) is 7.38. The first-order valence-electron chi connectivity index (χ1n) is 12.3. The molecule has 2 aromatic heterocycles. The van der Waals surface area contributed by atoms with Crippen molar-refractivity contribution < 1.29 is 19.1 Å². The van der Waals surface area contributed by atoms with Crippen LogP contribution in [-0.4, -0.2) is 46.6 Å². The van der Waals surface area contributed by atoms with Gasteiger partial charge in [-0.05, 0) is 23.6 Å². The normalized spacial score (nSPS) is 13.8. The van der Waals surface area contributed by atoms with E-state index in [0.717, 1.165) is 23.6 Å². The highest BCUT2D eigenvalue weighted by Crippen LogP contribution is 2.37. The van der Waals surface area contributed by atoms with Crippen LogP contribution in [0.5, 0.6) is 5.75 Å². The summed E-state index contributed by atoms with van der Waals surface area (Å²) in [5, 5.41) is 14.7. The zero-order valence-corrected chi connectivity index (χ0v) is 22.8. The average Bonchev–Trinajstić information content (AvgIpc) is 3.51. The molecule has 1 N–H and O–H groups in total. The molecule has 0 unspecified atom stereocenters. The minimum absolute atomic E-state index is 0.134. The summed E-state index contributed by atoms with van der Waals surface area (Å²) < 4.78 is 12.3. The molecule has 0 atom stereocenters. The molecule has 196 valence electrons. The number of thioether (sulfide) groups is 1. The van der Waals surface area contributed by atoms with Gasteiger partial charge in [0, 0.05) is 23.9 Å². The Balaban J connectivity index is 1.45. The fourth-order valence-electron chi connectivity index (χ4n) is 4.57. The van der Waals surface area contributed by atoms with Crippen molar-refractivity contribution in [2.45, 2.75) is 50.2 Å². The Kier molecular flexibility index (Phi) is 9.40. The van der Waals surface area contributed by atoms with E-state index in [2.05, 4.69) is 22.1 Å². The number of thiophene rings is 1. The van der Waals surface area contributed by atoms with E-state index in [-0.39, 0.29) is 11.7 Å². The molecule has 1 aliphatic carbocycles. The van der Waals surface area contributed by atoms with Crippen molar-refractivity contribution >= 4 is 40.0 Å². The van der Waals surface area contributed by atoms with E-state index in [9.17, 15) is 9.59 Å². The number of rotatable bonds is 11. The number of amides is 1. The van der Waals surface area contributed by atoms with Gasteiger partial charge in [-0.1, -0.05) is 62.1 Å². The van der Waals surface area contributed by atoms with Gasteiger partial charge in [-0.3, -0.25) is 4.79 Å². The van der Waals surface area contributed by atoms with Crippen molar-refractivity contribution in [2.24, 2.45) is 5.92 Å². The number of esters is 1. The summed E-state index contributed by atoms with van der Waals surface area (Å²) in [5.41, 5.74) is 1.86. The van der Waals surface area contributed by atoms with E-state index in [0.29, 0.717) is 33.7 Å². The first kappa shape index (κ1) is 26.9. The van der Waals surface area contributed by atoms with E-state index in [1.54, 1.807) is 7.11 Å². The topological polar surface area (TPSA) is 95.3 Å². The molecule has 37 heavy (non-hydrogen) atoms. The van der Waals surface area contributed by atoms with Gasteiger partial charge in [0.15, 0.2) is 5.16 Å². The van der Waals surface area contributed by atoms with Crippen molar-refractivity contribution in [2.75, 3.05) is 25.3 Å². The molecule has 10 heteroatoms. The average molecular weight is 541 g/mol. The lowest BCUT2D eigenvalue weighted by atomic mass is 9.87. The van der Waals surface area contributed by atoms with Crippen LogP contribution in [-0.2, 0) is 22.5 Å². The van der Waals surface area contributed by atoms with Crippen molar-refractivity contribution in [3.63, 3.8) is 0 Å². The number of benzene rings is 1. The van der Waals surface area contributed by atoms with E-state index in [1.807, 2.05) is 40.3 Å². The highest BCUT2D eigenvalue weighted by atomic mass is 32.2. The van der Waals surface area contributed by atoms with Gasteiger partial charge in [0.2, 0.25) is 5.91 Å². The Labute approximate surface area is 225 Å². The van der Waals surface area contributed by atoms with Crippen molar-refractivity contribution in [3.05, 3.63) is 53.7 Å². The van der Waals surface area contributed by atoms with E-state index in [4.69, 9.17) is 9.47 Å². The number of ether oxygens (including phenoxy) is 2. The number of allylic oxidation sites excluding steroid dienone is 1. The monoisotopic (exact) mass is 540 g/mol. The molecule has 0 aliphatic heterocycles. The number of anilines is 1. The van der Waals surface area contributed by atoms with Crippen LogP contribution in [0.4, 0.5) is 5.00 Å². The van der Waals surface area contributed by atoms with Gasteiger partial charge in [-0.2, -0.15) is 0 Å². The summed E-state index contributed by atoms with van der Waals surface area (Å²) >= 11 is 2.62. The summed E-state index contributed by atoms with van der Waals surface area (Å²) in [5.74, 6) is 1.70. The second kappa shape index (κ2) is 12.9. The Bertz CT molecular complexity index is 1230. The third-order valence-corrected chi connectivity index (χ3v) is 8.33. The number of hydrogen-bond donors (Lipinski definition) is 1. The number of aromatic nitrogens is 3. The number of nitrogens with one attached hydrogen (secondary N) is 1. The molecule has 2 heterocycles. The largest absolute Gasteiger partial charge is 0.497 e. The number of carbonyl (C=O) groups is 2. The lowest BCUT2D eigenvalue weighted by Crippen LogP contribution is -2.17. The summed E-state index contributed by atoms with van der Waals surface area (Å²) in [6.45, 7) is 4.47. The van der Waals surface area contributed by atoms with Crippen LogP contribution in [0.1, 0.15) is 48.3 Å². The van der Waals surface area contributed by atoms with Gasteiger partial charge in [0.25, 0.3) is 0 Å². The highest BCUT2D eigenvalue weighted by Gasteiger charge is 2.23. The lowest BCUT2D eigenvalue weighted by molar-refractivity contribution is -0.113. The maximum absolute atomic E-state index is 12.9. The summed E-state index contributed by atoms with van der Waals surface area (Å²) in [4.78, 5) is 25.5. The number of hydrogen-bond acceptors (Lipinski definition) is 8. The number of methoxy groups -OCH3 is 2. The molecule has 8 nitrogen and oxygen atoms in total. The molecule has 0 spiro atoms. The molecule has 3 aromatic rings. The maximum atomic E-state index is 12.9. The molecule has 1 fully saturated rings. The van der Waals surface area contributed by atoms with E-state index >= 15 is 0 Å². The van der Waals surface area contributed by atoms with Crippen LogP contribution in [0, 0.1) is 5.92 Å². The highest BCUT2D eigenvalue weighted by molar-refractivity contribution is 7.99. The summed E-state index contributed by atoms with van der Waals surface area (Å²) in [6.07, 6.45) is 9.06. The fraction of sp³-hybridized carbons (Fsp3) is 0.407. The number of nitrogens with zero attached hydrogens (tertiary/aromatic N) is 3. The quantitative estimate of drug-likeness (QED) is 0.185. The van der Waals surface area contributed by atoms with Gasteiger partial charge < -0.3 is 19.4 Å². The predicted octanol–water partition coefficient (Wildman–Crippen LogP) is 5.84. The van der Waals surface area contributed by atoms with Gasteiger partial charge in [-0.15, -0.1) is 28.1 Å². The van der Waals surface area contributed by atoms with Gasteiger partial charge >= 0.3 is 5.97 Å². The third kappa shape index (κ3) is 6.61. The van der Waals surface area contributed by atoms with Gasteiger partial charge in [0.1, 0.15) is 22.1 Å². The van der Waals surface area contributed by atoms with Crippen molar-refractivity contribution in [1.29, 1.82) is 0 Å². The van der Waals surface area contributed by atoms with Crippen LogP contribution in [0.15, 0.2) is 47.5 Å². The van der Waals surface area contributed by atoms with Crippen LogP contribution in [0.3, 0.4) is 0 Å². The van der Waals surface area contributed by atoms with Crippen LogP contribution < -0.4 is 10.1 Å². The first-order chi connectivity index (χ1) is 18.0. The first-order valence-corrected chi connectivity index (χ1v) is 14.2.